The van der Waals surface area contributed by atoms with Gasteiger partial charge in [0, 0.05) is 37.5 Å². The SMILES string of the molecule is O=C(c1cc(=O)c2ccccc2o1)N1C[C@@H](Cc2ccncc2)[C@@H](O)C1. The van der Waals surface area contributed by atoms with Crippen molar-refractivity contribution in [3.63, 3.8) is 0 Å². The number of benzene rings is 1. The maximum Gasteiger partial charge on any atom is 0.289 e. The van der Waals surface area contributed by atoms with Crippen LogP contribution in [0, 0.1) is 5.92 Å². The van der Waals surface area contributed by atoms with Gasteiger partial charge in [0.1, 0.15) is 5.58 Å². The number of fused-ring (bicyclic) bond motifs is 1. The van der Waals surface area contributed by atoms with E-state index in [9.17, 15) is 14.7 Å². The van der Waals surface area contributed by atoms with Crippen molar-refractivity contribution in [2.45, 2.75) is 12.5 Å². The Morgan fingerprint density at radius 2 is 1.96 bits per heavy atom. The number of aromatic nitrogens is 1. The molecule has 0 bridgehead atoms. The second-order valence-electron chi connectivity index (χ2n) is 6.57. The predicted molar refractivity (Wildman–Crippen MR) is 95.8 cm³/mol. The number of rotatable bonds is 3. The number of likely N-dealkylation sites (tertiary alicyclic amines) is 1. The van der Waals surface area contributed by atoms with Crippen LogP contribution in [0.4, 0.5) is 0 Å². The Morgan fingerprint density at radius 3 is 2.77 bits per heavy atom. The molecule has 0 spiro atoms. The molecule has 1 aliphatic rings. The summed E-state index contributed by atoms with van der Waals surface area (Å²) in [5, 5.41) is 10.8. The normalized spacial score (nSPS) is 19.8. The first-order valence-corrected chi connectivity index (χ1v) is 8.51. The summed E-state index contributed by atoms with van der Waals surface area (Å²) in [5.41, 5.74) is 1.20. The molecule has 0 aliphatic carbocycles. The van der Waals surface area contributed by atoms with Gasteiger partial charge in [-0.2, -0.15) is 0 Å². The van der Waals surface area contributed by atoms with Gasteiger partial charge in [-0.15, -0.1) is 0 Å². The summed E-state index contributed by atoms with van der Waals surface area (Å²) >= 11 is 0. The number of carbonyl (C=O) groups is 1. The summed E-state index contributed by atoms with van der Waals surface area (Å²) in [6.45, 7) is 0.643. The van der Waals surface area contributed by atoms with Crippen molar-refractivity contribution < 1.29 is 14.3 Å². The Kier molecular flexibility index (Phi) is 4.26. The van der Waals surface area contributed by atoms with Crippen molar-refractivity contribution in [1.29, 1.82) is 0 Å². The highest BCUT2D eigenvalue weighted by Crippen LogP contribution is 2.23. The molecule has 6 nitrogen and oxygen atoms in total. The number of aliphatic hydroxyl groups is 1. The minimum Gasteiger partial charge on any atom is -0.451 e. The maximum atomic E-state index is 12.8. The van der Waals surface area contributed by atoms with Gasteiger partial charge in [-0.1, -0.05) is 12.1 Å². The zero-order valence-electron chi connectivity index (χ0n) is 14.0. The third kappa shape index (κ3) is 3.11. The molecule has 0 radical (unpaired) electrons. The lowest BCUT2D eigenvalue weighted by Crippen LogP contribution is -2.30. The molecule has 4 rings (SSSR count). The zero-order chi connectivity index (χ0) is 18.1. The summed E-state index contributed by atoms with van der Waals surface area (Å²) in [6, 6.07) is 11.9. The monoisotopic (exact) mass is 350 g/mol. The summed E-state index contributed by atoms with van der Waals surface area (Å²) in [6.07, 6.45) is 3.47. The molecule has 2 atom stereocenters. The van der Waals surface area contributed by atoms with E-state index < -0.39 is 6.10 Å². The Bertz CT molecular complexity index is 999. The fourth-order valence-corrected chi connectivity index (χ4v) is 3.41. The van der Waals surface area contributed by atoms with Crippen LogP contribution in [0.15, 0.2) is 64.1 Å². The highest BCUT2D eigenvalue weighted by Gasteiger charge is 2.35. The summed E-state index contributed by atoms with van der Waals surface area (Å²) in [7, 11) is 0. The molecule has 1 aliphatic heterocycles. The molecule has 1 N–H and O–H groups in total. The third-order valence-corrected chi connectivity index (χ3v) is 4.79. The first kappa shape index (κ1) is 16.5. The van der Waals surface area contributed by atoms with Gasteiger partial charge in [-0.25, -0.2) is 0 Å². The van der Waals surface area contributed by atoms with Crippen molar-refractivity contribution in [2.75, 3.05) is 13.1 Å². The average molecular weight is 350 g/mol. The molecule has 3 aromatic rings. The molecule has 0 saturated carbocycles. The number of β-amino-alcohol motifs (C(OH)–C–C–N with tert-alkyl or cyclic N) is 1. The number of nitrogens with zero attached hydrogens (tertiary/aromatic N) is 2. The van der Waals surface area contributed by atoms with Crippen LogP contribution >= 0.6 is 0 Å². The van der Waals surface area contributed by atoms with Crippen LogP contribution in [0.25, 0.3) is 11.0 Å². The van der Waals surface area contributed by atoms with Crippen LogP contribution in [0.2, 0.25) is 0 Å². The lowest BCUT2D eigenvalue weighted by molar-refractivity contribution is 0.0734. The van der Waals surface area contributed by atoms with Crippen molar-refractivity contribution >= 4 is 16.9 Å². The van der Waals surface area contributed by atoms with E-state index in [0.29, 0.717) is 23.9 Å². The van der Waals surface area contributed by atoms with Gasteiger partial charge in [-0.05, 0) is 36.2 Å². The van der Waals surface area contributed by atoms with E-state index in [1.165, 1.54) is 6.07 Å². The fourth-order valence-electron chi connectivity index (χ4n) is 3.41. The van der Waals surface area contributed by atoms with Gasteiger partial charge in [0.05, 0.1) is 11.5 Å². The summed E-state index contributed by atoms with van der Waals surface area (Å²) < 4.78 is 5.62. The van der Waals surface area contributed by atoms with E-state index in [-0.39, 0.29) is 29.6 Å². The highest BCUT2D eigenvalue weighted by molar-refractivity contribution is 5.93. The number of amides is 1. The molecular weight excluding hydrogens is 332 g/mol. The number of carbonyl (C=O) groups excluding carboxylic acids is 1. The molecule has 2 aromatic heterocycles. The largest absolute Gasteiger partial charge is 0.451 e. The van der Waals surface area contributed by atoms with E-state index in [4.69, 9.17) is 4.42 Å². The molecule has 132 valence electrons. The number of aliphatic hydroxyl groups excluding tert-OH is 1. The van der Waals surface area contributed by atoms with E-state index in [2.05, 4.69) is 4.98 Å². The lowest BCUT2D eigenvalue weighted by Gasteiger charge is -2.15. The molecule has 1 aromatic carbocycles. The Morgan fingerprint density at radius 1 is 1.19 bits per heavy atom. The van der Waals surface area contributed by atoms with Crippen LogP contribution in [0.3, 0.4) is 0 Å². The number of hydrogen-bond acceptors (Lipinski definition) is 5. The topological polar surface area (TPSA) is 83.6 Å². The lowest BCUT2D eigenvalue weighted by atomic mass is 9.97. The summed E-state index contributed by atoms with van der Waals surface area (Å²) in [5.74, 6) is -0.428. The van der Waals surface area contributed by atoms with Crippen LogP contribution in [-0.4, -0.2) is 40.1 Å². The second-order valence-corrected chi connectivity index (χ2v) is 6.57. The van der Waals surface area contributed by atoms with Gasteiger partial charge in [0.15, 0.2) is 11.2 Å². The molecular formula is C20H18N2O4. The minimum absolute atomic E-state index is 0.00506. The van der Waals surface area contributed by atoms with Gasteiger partial charge in [0.2, 0.25) is 0 Å². The van der Waals surface area contributed by atoms with Crippen molar-refractivity contribution in [1.82, 2.24) is 9.88 Å². The van der Waals surface area contributed by atoms with Crippen molar-refractivity contribution in [3.8, 4) is 0 Å². The Balaban J connectivity index is 1.55. The number of pyridine rings is 1. The zero-order valence-corrected chi connectivity index (χ0v) is 14.0. The standard InChI is InChI=1S/C20H18N2O4/c23-16-10-19(26-18-4-2-1-3-15(16)18)20(25)22-11-14(17(24)12-22)9-13-5-7-21-8-6-13/h1-8,10,14,17,24H,9,11-12H2/t14-,17+/m1/s1. The van der Waals surface area contributed by atoms with Crippen LogP contribution < -0.4 is 5.43 Å². The van der Waals surface area contributed by atoms with Crippen LogP contribution in [0.1, 0.15) is 16.1 Å². The average Bonchev–Trinajstić information content (AvgIpc) is 3.02. The van der Waals surface area contributed by atoms with Crippen LogP contribution in [-0.2, 0) is 6.42 Å². The van der Waals surface area contributed by atoms with Gasteiger partial charge >= 0.3 is 0 Å². The number of para-hydroxylation sites is 1. The van der Waals surface area contributed by atoms with Gasteiger partial charge < -0.3 is 14.4 Å². The van der Waals surface area contributed by atoms with E-state index in [0.717, 1.165) is 5.56 Å². The third-order valence-electron chi connectivity index (χ3n) is 4.79. The molecule has 1 fully saturated rings. The van der Waals surface area contributed by atoms with Crippen molar-refractivity contribution in [3.05, 3.63) is 76.4 Å². The summed E-state index contributed by atoms with van der Waals surface area (Å²) in [4.78, 5) is 30.5. The molecule has 3 heterocycles. The van der Waals surface area contributed by atoms with Gasteiger partial charge in [-0.3, -0.25) is 14.6 Å². The van der Waals surface area contributed by atoms with Gasteiger partial charge in [0.25, 0.3) is 5.91 Å². The minimum atomic E-state index is -0.612. The quantitative estimate of drug-likeness (QED) is 0.779. The van der Waals surface area contributed by atoms with E-state index in [1.807, 2.05) is 12.1 Å². The molecule has 1 amide bonds. The smallest absolute Gasteiger partial charge is 0.289 e. The number of hydrogen-bond donors (Lipinski definition) is 1. The fraction of sp³-hybridized carbons (Fsp3) is 0.250. The molecule has 1 saturated heterocycles. The predicted octanol–water partition coefficient (Wildman–Crippen LogP) is 1.86. The first-order valence-electron chi connectivity index (χ1n) is 8.51. The first-order chi connectivity index (χ1) is 12.6. The second kappa shape index (κ2) is 6.72. The van der Waals surface area contributed by atoms with Crippen molar-refractivity contribution in [2.24, 2.45) is 5.92 Å². The Labute approximate surface area is 149 Å². The van der Waals surface area contributed by atoms with E-state index >= 15 is 0 Å². The maximum absolute atomic E-state index is 12.8. The highest BCUT2D eigenvalue weighted by atomic mass is 16.3. The molecule has 26 heavy (non-hydrogen) atoms. The molecule has 6 heteroatoms. The van der Waals surface area contributed by atoms with E-state index in [1.54, 1.807) is 41.6 Å². The molecule has 0 unspecified atom stereocenters. The Hall–Kier alpha value is -2.99. The van der Waals surface area contributed by atoms with Crippen LogP contribution in [0.5, 0.6) is 0 Å².